The third-order valence-corrected chi connectivity index (χ3v) is 3.75. The van der Waals surface area contributed by atoms with Crippen molar-refractivity contribution in [2.24, 2.45) is 0 Å². The molecule has 0 atom stereocenters. The lowest BCUT2D eigenvalue weighted by Gasteiger charge is -2.13. The van der Waals surface area contributed by atoms with Crippen LogP contribution in [0.5, 0.6) is 5.75 Å². The number of hydrogen-bond donors (Lipinski definition) is 0. The molecule has 0 aliphatic rings. The first-order valence-electron chi connectivity index (χ1n) is 8.03. The minimum absolute atomic E-state index is 0.0901. The Labute approximate surface area is 144 Å². The third-order valence-electron chi connectivity index (χ3n) is 3.75. The molecule has 0 N–H and O–H groups in total. The van der Waals surface area contributed by atoms with Crippen molar-refractivity contribution in [1.29, 1.82) is 0 Å². The molecule has 2 heterocycles. The zero-order valence-corrected chi connectivity index (χ0v) is 14.6. The Hall–Kier alpha value is -2.61. The highest BCUT2D eigenvalue weighted by Gasteiger charge is 2.21. The molecule has 0 aliphatic heterocycles. The maximum absolute atomic E-state index is 12.7. The van der Waals surface area contributed by atoms with Crippen LogP contribution in [-0.2, 0) is 16.0 Å². The summed E-state index contributed by atoms with van der Waals surface area (Å²) in [5.41, 5.74) is -1.13. The fraction of sp³-hybridized carbons (Fsp3) is 0.471. The number of nitrogens with zero attached hydrogens (tertiary/aromatic N) is 2. The van der Waals surface area contributed by atoms with Gasteiger partial charge in [-0.2, -0.15) is 0 Å². The number of pyridine rings is 1. The van der Waals surface area contributed by atoms with Crippen molar-refractivity contribution >= 4 is 11.5 Å². The van der Waals surface area contributed by atoms with Crippen LogP contribution in [0.3, 0.4) is 0 Å². The molecule has 0 fully saturated rings. The lowest BCUT2D eigenvalue weighted by atomic mass is 10.2. The molecule has 0 bridgehead atoms. The Morgan fingerprint density at radius 2 is 1.92 bits per heavy atom. The molecule has 25 heavy (non-hydrogen) atoms. The summed E-state index contributed by atoms with van der Waals surface area (Å²) in [4.78, 5) is 37.2. The van der Waals surface area contributed by atoms with Gasteiger partial charge >= 0.3 is 5.97 Å². The van der Waals surface area contributed by atoms with Gasteiger partial charge in [0.05, 0.1) is 20.3 Å². The van der Waals surface area contributed by atoms with E-state index in [0.29, 0.717) is 13.2 Å². The monoisotopic (exact) mass is 350 g/mol. The van der Waals surface area contributed by atoms with Gasteiger partial charge in [-0.15, -0.1) is 0 Å². The van der Waals surface area contributed by atoms with Crippen molar-refractivity contribution in [3.63, 3.8) is 0 Å². The highest BCUT2D eigenvalue weighted by Crippen LogP contribution is 2.14. The number of aromatic nitrogens is 2. The van der Waals surface area contributed by atoms with Gasteiger partial charge in [-0.25, -0.2) is 4.79 Å². The number of hydrogen-bond acceptors (Lipinski definition) is 6. The van der Waals surface area contributed by atoms with Gasteiger partial charge in [-0.1, -0.05) is 13.3 Å². The van der Waals surface area contributed by atoms with E-state index in [2.05, 4.69) is 4.74 Å². The van der Waals surface area contributed by atoms with Gasteiger partial charge < -0.3 is 23.2 Å². The SMILES string of the molecule is CCCCOc1c(=O)c(C(=O)OC)cn2ccn(CCOC)c(=O)c12. The van der Waals surface area contributed by atoms with E-state index in [1.807, 2.05) is 6.92 Å². The van der Waals surface area contributed by atoms with Crippen LogP contribution in [0.1, 0.15) is 30.1 Å². The Kier molecular flexibility index (Phi) is 6.35. The summed E-state index contributed by atoms with van der Waals surface area (Å²) in [7, 11) is 2.73. The first-order chi connectivity index (χ1) is 12.0. The number of carbonyl (C=O) groups is 1. The average molecular weight is 350 g/mol. The minimum Gasteiger partial charge on any atom is -0.487 e. The van der Waals surface area contributed by atoms with Crippen molar-refractivity contribution in [2.75, 3.05) is 27.4 Å². The number of ether oxygens (including phenoxy) is 3. The molecular weight excluding hydrogens is 328 g/mol. The number of unbranched alkanes of at least 4 members (excludes halogenated alkanes) is 1. The number of methoxy groups -OCH3 is 2. The molecule has 0 saturated heterocycles. The summed E-state index contributed by atoms with van der Waals surface area (Å²) in [6.45, 7) is 2.95. The van der Waals surface area contributed by atoms with E-state index < -0.39 is 11.4 Å². The minimum atomic E-state index is -0.775. The van der Waals surface area contributed by atoms with Crippen LogP contribution in [0.2, 0.25) is 0 Å². The second-order valence-electron chi connectivity index (χ2n) is 5.44. The lowest BCUT2D eigenvalue weighted by molar-refractivity contribution is 0.0598. The van der Waals surface area contributed by atoms with Crippen molar-refractivity contribution in [2.45, 2.75) is 26.3 Å². The molecule has 0 saturated carbocycles. The van der Waals surface area contributed by atoms with Crippen LogP contribution in [0, 0.1) is 0 Å². The van der Waals surface area contributed by atoms with Gasteiger partial charge in [0.25, 0.3) is 5.56 Å². The quantitative estimate of drug-likeness (QED) is 0.523. The summed E-state index contributed by atoms with van der Waals surface area (Å²) in [6, 6.07) is 0. The summed E-state index contributed by atoms with van der Waals surface area (Å²) >= 11 is 0. The van der Waals surface area contributed by atoms with E-state index in [1.165, 1.54) is 22.3 Å². The van der Waals surface area contributed by atoms with Crippen LogP contribution in [-0.4, -0.2) is 42.4 Å². The van der Waals surface area contributed by atoms with Gasteiger partial charge in [-0.05, 0) is 6.42 Å². The fourth-order valence-electron chi connectivity index (χ4n) is 2.36. The van der Waals surface area contributed by atoms with E-state index in [1.54, 1.807) is 19.5 Å². The fourth-order valence-corrected chi connectivity index (χ4v) is 2.36. The highest BCUT2D eigenvalue weighted by molar-refractivity contribution is 5.90. The van der Waals surface area contributed by atoms with Crippen molar-refractivity contribution in [3.05, 3.63) is 44.7 Å². The Morgan fingerprint density at radius 3 is 2.56 bits per heavy atom. The van der Waals surface area contributed by atoms with Crippen LogP contribution < -0.4 is 15.7 Å². The van der Waals surface area contributed by atoms with Gasteiger partial charge in [0.2, 0.25) is 5.43 Å². The molecule has 8 nitrogen and oxygen atoms in total. The van der Waals surface area contributed by atoms with E-state index in [9.17, 15) is 14.4 Å². The molecule has 2 aromatic heterocycles. The standard InChI is InChI=1S/C17H22N2O6/c1-4-5-9-25-15-13-16(21)18(8-10-23-2)6-7-19(13)11-12(14(15)20)17(22)24-3/h6-7,11H,4-5,8-10H2,1-3H3. The van der Waals surface area contributed by atoms with Crippen molar-refractivity contribution in [1.82, 2.24) is 8.97 Å². The second kappa shape index (κ2) is 8.48. The molecule has 136 valence electrons. The lowest BCUT2D eigenvalue weighted by Crippen LogP contribution is -2.28. The largest absolute Gasteiger partial charge is 0.487 e. The van der Waals surface area contributed by atoms with E-state index in [0.717, 1.165) is 12.8 Å². The average Bonchev–Trinajstić information content (AvgIpc) is 2.62. The van der Waals surface area contributed by atoms with E-state index in [4.69, 9.17) is 9.47 Å². The number of rotatable bonds is 8. The number of carbonyl (C=O) groups excluding carboxylic acids is 1. The molecule has 8 heteroatoms. The number of esters is 1. The maximum Gasteiger partial charge on any atom is 0.343 e. The summed E-state index contributed by atoms with van der Waals surface area (Å²) < 4.78 is 18.1. The third kappa shape index (κ3) is 3.90. The molecule has 0 aliphatic carbocycles. The zero-order chi connectivity index (χ0) is 18.4. The number of fused-ring (bicyclic) bond motifs is 1. The second-order valence-corrected chi connectivity index (χ2v) is 5.44. The topological polar surface area (TPSA) is 88.2 Å². The normalized spacial score (nSPS) is 10.8. The van der Waals surface area contributed by atoms with Crippen LogP contribution >= 0.6 is 0 Å². The van der Waals surface area contributed by atoms with Crippen LogP contribution in [0.4, 0.5) is 0 Å². The van der Waals surface area contributed by atoms with Crippen molar-refractivity contribution in [3.8, 4) is 5.75 Å². The predicted octanol–water partition coefficient (Wildman–Crippen LogP) is 1.07. The summed E-state index contributed by atoms with van der Waals surface area (Å²) in [5, 5.41) is 0. The van der Waals surface area contributed by atoms with Gasteiger partial charge in [-0.3, -0.25) is 9.59 Å². The Morgan fingerprint density at radius 1 is 1.16 bits per heavy atom. The van der Waals surface area contributed by atoms with E-state index >= 15 is 0 Å². The zero-order valence-electron chi connectivity index (χ0n) is 14.6. The molecule has 2 aromatic rings. The van der Waals surface area contributed by atoms with Crippen LogP contribution in [0.25, 0.3) is 5.52 Å². The molecule has 2 rings (SSSR count). The van der Waals surface area contributed by atoms with Crippen LogP contribution in [0.15, 0.2) is 28.2 Å². The van der Waals surface area contributed by atoms with Gasteiger partial charge in [0, 0.05) is 32.2 Å². The maximum atomic E-state index is 12.7. The molecule has 0 radical (unpaired) electrons. The first kappa shape index (κ1) is 18.7. The highest BCUT2D eigenvalue weighted by atomic mass is 16.5. The Balaban J connectivity index is 2.69. The molecule has 0 aromatic carbocycles. The van der Waals surface area contributed by atoms with E-state index in [-0.39, 0.29) is 29.0 Å². The van der Waals surface area contributed by atoms with Crippen molar-refractivity contribution < 1.29 is 19.0 Å². The molecule has 0 unspecified atom stereocenters. The first-order valence-corrected chi connectivity index (χ1v) is 8.03. The smallest absolute Gasteiger partial charge is 0.343 e. The molecule has 0 spiro atoms. The predicted molar refractivity (Wildman–Crippen MR) is 91.5 cm³/mol. The Bertz CT molecular complexity index is 868. The molecular formula is C17H22N2O6. The summed E-state index contributed by atoms with van der Waals surface area (Å²) in [5.74, 6) is -0.906. The molecule has 0 amide bonds. The van der Waals surface area contributed by atoms with Gasteiger partial charge in [0.1, 0.15) is 5.56 Å². The van der Waals surface area contributed by atoms with Gasteiger partial charge in [0.15, 0.2) is 11.3 Å². The summed E-state index contributed by atoms with van der Waals surface area (Å²) in [6.07, 6.45) is 6.03.